The first kappa shape index (κ1) is 23.8. The van der Waals surface area contributed by atoms with Gasteiger partial charge in [-0.2, -0.15) is 0 Å². The molecule has 0 aliphatic heterocycles. The summed E-state index contributed by atoms with van der Waals surface area (Å²) in [5, 5.41) is 12.4. The largest absolute Gasteiger partial charge is 0.481 e. The van der Waals surface area contributed by atoms with Crippen molar-refractivity contribution in [2.24, 2.45) is 5.92 Å². The molecule has 0 radical (unpaired) electrons. The topological polar surface area (TPSA) is 71.3 Å². The monoisotopic (exact) mass is 458 g/mol. The summed E-state index contributed by atoms with van der Waals surface area (Å²) in [6, 6.07) is 18.3. The van der Waals surface area contributed by atoms with E-state index in [1.807, 2.05) is 43.5 Å². The number of carbonyl (C=O) groups excluding carboxylic acids is 1. The van der Waals surface area contributed by atoms with E-state index < -0.39 is 5.97 Å². The maximum atomic E-state index is 13.4. The SMILES string of the molecule is Cc1ccc([C@H]2C[C@H]2C(=O)O)cc1NC(=O)c1ccn(CCCc2ccccc2)c1C(C)(C)C. The molecule has 2 aromatic carbocycles. The Bertz CT molecular complexity index is 1190. The second-order valence-corrected chi connectivity index (χ2v) is 10.4. The molecule has 0 spiro atoms. The molecule has 34 heavy (non-hydrogen) atoms. The molecule has 1 heterocycles. The van der Waals surface area contributed by atoms with E-state index in [2.05, 4.69) is 54.9 Å². The van der Waals surface area contributed by atoms with E-state index in [0.29, 0.717) is 12.0 Å². The summed E-state index contributed by atoms with van der Waals surface area (Å²) in [5.41, 5.74) is 5.53. The maximum Gasteiger partial charge on any atom is 0.307 e. The van der Waals surface area contributed by atoms with E-state index in [4.69, 9.17) is 0 Å². The molecule has 1 fully saturated rings. The van der Waals surface area contributed by atoms with E-state index in [-0.39, 0.29) is 23.2 Å². The van der Waals surface area contributed by atoms with Crippen molar-refractivity contribution in [3.05, 3.63) is 88.7 Å². The lowest BCUT2D eigenvalue weighted by molar-refractivity contribution is -0.138. The van der Waals surface area contributed by atoms with Crippen LogP contribution in [0.15, 0.2) is 60.8 Å². The molecule has 2 atom stereocenters. The average molecular weight is 459 g/mol. The van der Waals surface area contributed by atoms with Gasteiger partial charge in [0.1, 0.15) is 0 Å². The summed E-state index contributed by atoms with van der Waals surface area (Å²) in [6.07, 6.45) is 4.67. The van der Waals surface area contributed by atoms with Crippen LogP contribution in [-0.2, 0) is 23.2 Å². The van der Waals surface area contributed by atoms with Crippen molar-refractivity contribution in [2.75, 3.05) is 5.32 Å². The lowest BCUT2D eigenvalue weighted by Gasteiger charge is -2.24. The minimum absolute atomic E-state index is 0.0320. The van der Waals surface area contributed by atoms with E-state index in [9.17, 15) is 14.7 Å². The first-order valence-corrected chi connectivity index (χ1v) is 12.0. The van der Waals surface area contributed by atoms with Gasteiger partial charge in [-0.05, 0) is 60.9 Å². The normalized spacial score (nSPS) is 17.4. The predicted molar refractivity (Wildman–Crippen MR) is 136 cm³/mol. The molecule has 0 bridgehead atoms. The van der Waals surface area contributed by atoms with Crippen molar-refractivity contribution in [3.8, 4) is 0 Å². The fourth-order valence-electron chi connectivity index (χ4n) is 4.81. The molecule has 0 saturated heterocycles. The van der Waals surface area contributed by atoms with Crippen molar-refractivity contribution < 1.29 is 14.7 Å². The zero-order valence-corrected chi connectivity index (χ0v) is 20.5. The van der Waals surface area contributed by atoms with E-state index >= 15 is 0 Å². The number of nitrogens with one attached hydrogen (secondary N) is 1. The first-order valence-electron chi connectivity index (χ1n) is 12.0. The summed E-state index contributed by atoms with van der Waals surface area (Å²) in [6.45, 7) is 9.22. The Morgan fingerprint density at radius 3 is 2.47 bits per heavy atom. The molecule has 5 nitrogen and oxygen atoms in total. The molecule has 0 unspecified atom stereocenters. The molecule has 1 amide bonds. The first-order chi connectivity index (χ1) is 16.1. The molecule has 4 rings (SSSR count). The highest BCUT2D eigenvalue weighted by molar-refractivity contribution is 6.05. The second kappa shape index (κ2) is 9.49. The summed E-state index contributed by atoms with van der Waals surface area (Å²) < 4.78 is 2.21. The average Bonchev–Trinajstić information content (AvgIpc) is 3.47. The molecule has 1 aliphatic rings. The zero-order valence-electron chi connectivity index (χ0n) is 20.5. The Labute approximate surface area is 201 Å². The molecule has 1 aromatic heterocycles. The van der Waals surface area contributed by atoms with Gasteiger partial charge in [-0.3, -0.25) is 9.59 Å². The fourth-order valence-corrected chi connectivity index (χ4v) is 4.81. The van der Waals surface area contributed by atoms with Crippen LogP contribution in [0.4, 0.5) is 5.69 Å². The van der Waals surface area contributed by atoms with Crippen LogP contribution in [0.5, 0.6) is 0 Å². The fraction of sp³-hybridized carbons (Fsp3) is 0.379. The Morgan fingerprint density at radius 1 is 1.09 bits per heavy atom. The zero-order chi connectivity index (χ0) is 24.5. The number of nitrogens with zero attached hydrogens (tertiary/aromatic N) is 1. The number of hydrogen-bond donors (Lipinski definition) is 2. The highest BCUT2D eigenvalue weighted by atomic mass is 16.4. The minimum Gasteiger partial charge on any atom is -0.481 e. The molecule has 3 aromatic rings. The number of carboxylic acids is 1. The Kier molecular flexibility index (Phi) is 6.65. The van der Waals surface area contributed by atoms with Crippen LogP contribution in [0.3, 0.4) is 0 Å². The third kappa shape index (κ3) is 5.24. The number of carboxylic acid groups (broad SMARTS) is 1. The van der Waals surface area contributed by atoms with Gasteiger partial charge in [0.15, 0.2) is 0 Å². The van der Waals surface area contributed by atoms with Crippen LogP contribution < -0.4 is 5.32 Å². The number of amides is 1. The van der Waals surface area contributed by atoms with E-state index in [1.165, 1.54) is 5.56 Å². The Balaban J connectivity index is 1.51. The Morgan fingerprint density at radius 2 is 1.82 bits per heavy atom. The van der Waals surface area contributed by atoms with Gasteiger partial charge in [-0.25, -0.2) is 0 Å². The van der Waals surface area contributed by atoms with Crippen molar-refractivity contribution in [1.29, 1.82) is 0 Å². The Hall–Kier alpha value is -3.34. The van der Waals surface area contributed by atoms with Gasteiger partial charge in [-0.15, -0.1) is 0 Å². The predicted octanol–water partition coefficient (Wildman–Crippen LogP) is 6.17. The van der Waals surface area contributed by atoms with Gasteiger partial charge in [0.05, 0.1) is 11.5 Å². The lowest BCUT2D eigenvalue weighted by Crippen LogP contribution is -2.24. The number of rotatable bonds is 8. The number of hydrogen-bond acceptors (Lipinski definition) is 2. The van der Waals surface area contributed by atoms with Gasteiger partial charge in [0.2, 0.25) is 0 Å². The summed E-state index contributed by atoms with van der Waals surface area (Å²) in [5.74, 6) is -1.16. The van der Waals surface area contributed by atoms with Crippen LogP contribution in [-0.4, -0.2) is 21.6 Å². The highest BCUT2D eigenvalue weighted by Gasteiger charge is 2.44. The van der Waals surface area contributed by atoms with Crippen LogP contribution in [0.2, 0.25) is 0 Å². The van der Waals surface area contributed by atoms with Crippen LogP contribution >= 0.6 is 0 Å². The molecular weight excluding hydrogens is 424 g/mol. The molecule has 2 N–H and O–H groups in total. The molecule has 1 saturated carbocycles. The number of aromatic nitrogens is 1. The van der Waals surface area contributed by atoms with Crippen LogP contribution in [0, 0.1) is 12.8 Å². The lowest BCUT2D eigenvalue weighted by atomic mass is 9.88. The number of benzene rings is 2. The van der Waals surface area contributed by atoms with E-state index in [1.54, 1.807) is 0 Å². The summed E-state index contributed by atoms with van der Waals surface area (Å²) in [7, 11) is 0. The number of anilines is 1. The van der Waals surface area contributed by atoms with Gasteiger partial charge in [0.25, 0.3) is 5.91 Å². The molecule has 178 valence electrons. The van der Waals surface area contributed by atoms with E-state index in [0.717, 1.165) is 41.9 Å². The smallest absolute Gasteiger partial charge is 0.307 e. The minimum atomic E-state index is -0.750. The summed E-state index contributed by atoms with van der Waals surface area (Å²) >= 11 is 0. The van der Waals surface area contributed by atoms with Crippen LogP contribution in [0.1, 0.15) is 72.3 Å². The van der Waals surface area contributed by atoms with Gasteiger partial charge >= 0.3 is 5.97 Å². The molecule has 5 heteroatoms. The summed E-state index contributed by atoms with van der Waals surface area (Å²) in [4.78, 5) is 24.7. The highest BCUT2D eigenvalue weighted by Crippen LogP contribution is 2.48. The van der Waals surface area contributed by atoms with Crippen molar-refractivity contribution in [1.82, 2.24) is 4.57 Å². The van der Waals surface area contributed by atoms with Gasteiger partial charge in [-0.1, -0.05) is 63.2 Å². The maximum absolute atomic E-state index is 13.4. The van der Waals surface area contributed by atoms with Crippen LogP contribution in [0.25, 0.3) is 0 Å². The number of carbonyl (C=O) groups is 2. The third-order valence-electron chi connectivity index (χ3n) is 6.67. The van der Waals surface area contributed by atoms with Gasteiger partial charge < -0.3 is 15.0 Å². The quantitative estimate of drug-likeness (QED) is 0.424. The van der Waals surface area contributed by atoms with Gasteiger partial charge in [0, 0.05) is 29.5 Å². The van der Waals surface area contributed by atoms with Crippen molar-refractivity contribution in [2.45, 2.75) is 64.8 Å². The third-order valence-corrected chi connectivity index (χ3v) is 6.67. The van der Waals surface area contributed by atoms with Crippen molar-refractivity contribution >= 4 is 17.6 Å². The standard InChI is InChI=1S/C29H34N2O3/c1-19-12-13-21(23-18-24(23)28(33)34)17-25(19)30-27(32)22-14-16-31(26(22)29(2,3)4)15-8-11-20-9-6-5-7-10-20/h5-7,9-10,12-14,16-17,23-24H,8,11,15,18H2,1-4H3,(H,30,32)(H,33,34)/t23-,24-/m1/s1. The number of aliphatic carboxylic acids is 1. The van der Waals surface area contributed by atoms with Crippen molar-refractivity contribution in [3.63, 3.8) is 0 Å². The molecular formula is C29H34N2O3. The molecule has 1 aliphatic carbocycles. The second-order valence-electron chi connectivity index (χ2n) is 10.4. The number of aryl methyl sites for hydroxylation is 3.